The summed E-state index contributed by atoms with van der Waals surface area (Å²) in [6, 6.07) is 10.9. The molecule has 0 aliphatic rings. The molecule has 0 aliphatic carbocycles. The van der Waals surface area contributed by atoms with Crippen LogP contribution in [-0.4, -0.2) is 6.29 Å². The molecule has 2 aromatic rings. The minimum Gasteiger partial charge on any atom is -0.454 e. The van der Waals surface area contributed by atoms with Crippen molar-refractivity contribution in [3.63, 3.8) is 0 Å². The minimum absolute atomic E-state index is 0.499. The van der Waals surface area contributed by atoms with Crippen molar-refractivity contribution in [1.82, 2.24) is 0 Å². The molecule has 2 rings (SSSR count). The van der Waals surface area contributed by atoms with Gasteiger partial charge in [0, 0.05) is 4.47 Å². The van der Waals surface area contributed by atoms with Crippen LogP contribution < -0.4 is 4.74 Å². The molecule has 0 amide bonds. The smallest absolute Gasteiger partial charge is 0.153 e. The van der Waals surface area contributed by atoms with Crippen LogP contribution in [0, 0.1) is 0 Å². The number of para-hydroxylation sites is 1. The first kappa shape index (κ1) is 13.8. The molecule has 5 heteroatoms. The predicted octanol–water partition coefficient (Wildman–Crippen LogP) is 5.58. The summed E-state index contributed by atoms with van der Waals surface area (Å²) in [6.45, 7) is 0. The normalized spacial score (nSPS) is 10.2. The molecule has 0 radical (unpaired) electrons. The molecule has 18 heavy (non-hydrogen) atoms. The first-order chi connectivity index (χ1) is 8.61. The summed E-state index contributed by atoms with van der Waals surface area (Å²) in [4.78, 5) is 11.0. The van der Waals surface area contributed by atoms with Crippen molar-refractivity contribution < 1.29 is 9.53 Å². The van der Waals surface area contributed by atoms with E-state index in [9.17, 15) is 4.79 Å². The number of ether oxygens (including phenoxy) is 1. The number of aldehydes is 1. The van der Waals surface area contributed by atoms with Gasteiger partial charge in [0.15, 0.2) is 12.0 Å². The monoisotopic (exact) mass is 432 g/mol. The zero-order valence-electron chi connectivity index (χ0n) is 8.99. The highest BCUT2D eigenvalue weighted by Gasteiger charge is 2.10. The fourth-order valence-corrected chi connectivity index (χ4v) is 2.98. The van der Waals surface area contributed by atoms with Gasteiger partial charge in [-0.05, 0) is 62.2 Å². The van der Waals surface area contributed by atoms with Gasteiger partial charge in [0.1, 0.15) is 5.75 Å². The summed E-state index contributed by atoms with van der Waals surface area (Å²) < 4.78 is 8.27. The molecule has 0 atom stereocenters. The Balaban J connectivity index is 2.42. The largest absolute Gasteiger partial charge is 0.454 e. The summed E-state index contributed by atoms with van der Waals surface area (Å²) in [5.41, 5.74) is 0.499. The molecule has 0 aliphatic heterocycles. The summed E-state index contributed by atoms with van der Waals surface area (Å²) in [7, 11) is 0. The fourth-order valence-electron chi connectivity index (χ4n) is 1.39. The van der Waals surface area contributed by atoms with Gasteiger partial charge in [0.2, 0.25) is 0 Å². The molecular weight excluding hydrogens is 428 g/mol. The minimum atomic E-state index is 0.499. The van der Waals surface area contributed by atoms with Crippen LogP contribution in [0.15, 0.2) is 49.8 Å². The van der Waals surface area contributed by atoms with Gasteiger partial charge >= 0.3 is 0 Å². The van der Waals surface area contributed by atoms with E-state index in [1.807, 2.05) is 24.3 Å². The van der Waals surface area contributed by atoms with Crippen LogP contribution in [0.25, 0.3) is 0 Å². The fraction of sp³-hybridized carbons (Fsp3) is 0. The maximum Gasteiger partial charge on any atom is 0.153 e. The lowest BCUT2D eigenvalue weighted by Gasteiger charge is -2.11. The molecule has 0 fully saturated rings. The van der Waals surface area contributed by atoms with Gasteiger partial charge < -0.3 is 4.74 Å². The standard InChI is InChI=1S/C13H7Br3O2/c14-9-4-5-12(11(16)6-9)18-13-8(7-17)2-1-3-10(13)15/h1-7H. The highest BCUT2D eigenvalue weighted by molar-refractivity contribution is 9.11. The lowest BCUT2D eigenvalue weighted by atomic mass is 10.2. The molecule has 0 heterocycles. The molecule has 2 aromatic carbocycles. The topological polar surface area (TPSA) is 26.3 Å². The third kappa shape index (κ3) is 3.02. The second-order valence-corrected chi connectivity index (χ2v) is 6.08. The molecule has 0 aromatic heterocycles. The van der Waals surface area contributed by atoms with Gasteiger partial charge in [-0.3, -0.25) is 4.79 Å². The van der Waals surface area contributed by atoms with Crippen molar-refractivity contribution in [2.45, 2.75) is 0 Å². The van der Waals surface area contributed by atoms with Gasteiger partial charge in [-0.2, -0.15) is 0 Å². The van der Waals surface area contributed by atoms with Crippen molar-refractivity contribution in [3.05, 3.63) is 55.4 Å². The van der Waals surface area contributed by atoms with Gasteiger partial charge in [-0.1, -0.05) is 22.0 Å². The molecule has 0 bridgehead atoms. The predicted molar refractivity (Wildman–Crippen MR) is 81.4 cm³/mol. The van der Waals surface area contributed by atoms with Crippen LogP contribution in [0.5, 0.6) is 11.5 Å². The zero-order chi connectivity index (χ0) is 13.1. The van der Waals surface area contributed by atoms with Crippen molar-refractivity contribution in [1.29, 1.82) is 0 Å². The van der Waals surface area contributed by atoms with Gasteiger partial charge in [0.25, 0.3) is 0 Å². The molecule has 0 saturated heterocycles. The summed E-state index contributed by atoms with van der Waals surface area (Å²) in [5.74, 6) is 1.16. The number of halogens is 3. The molecule has 0 N–H and O–H groups in total. The van der Waals surface area contributed by atoms with Crippen LogP contribution in [0.3, 0.4) is 0 Å². The lowest BCUT2D eigenvalue weighted by Crippen LogP contribution is -1.92. The average Bonchev–Trinajstić information content (AvgIpc) is 2.34. The first-order valence-electron chi connectivity index (χ1n) is 4.98. The molecule has 0 saturated carbocycles. The number of carbonyl (C=O) groups is 1. The number of carbonyl (C=O) groups excluding carboxylic acids is 1. The number of rotatable bonds is 3. The second-order valence-electron chi connectivity index (χ2n) is 3.45. The van der Waals surface area contributed by atoms with E-state index in [0.717, 1.165) is 19.7 Å². The van der Waals surface area contributed by atoms with Crippen LogP contribution >= 0.6 is 47.8 Å². The SMILES string of the molecule is O=Cc1cccc(Br)c1Oc1ccc(Br)cc1Br. The van der Waals surface area contributed by atoms with Crippen LogP contribution in [-0.2, 0) is 0 Å². The lowest BCUT2D eigenvalue weighted by molar-refractivity contribution is 0.112. The van der Waals surface area contributed by atoms with E-state index in [-0.39, 0.29) is 0 Å². The Morgan fingerprint density at radius 1 is 1.00 bits per heavy atom. The van der Waals surface area contributed by atoms with Crippen LogP contribution in [0.1, 0.15) is 10.4 Å². The van der Waals surface area contributed by atoms with Gasteiger partial charge in [0.05, 0.1) is 14.5 Å². The maximum atomic E-state index is 11.0. The van der Waals surface area contributed by atoms with E-state index in [2.05, 4.69) is 47.8 Å². The molecule has 92 valence electrons. The Kier molecular flexibility index (Phi) is 4.59. The summed E-state index contributed by atoms with van der Waals surface area (Å²) >= 11 is 10.2. The van der Waals surface area contributed by atoms with Crippen molar-refractivity contribution in [2.24, 2.45) is 0 Å². The van der Waals surface area contributed by atoms with E-state index in [1.54, 1.807) is 12.1 Å². The summed E-state index contributed by atoms with van der Waals surface area (Å²) in [6.07, 6.45) is 0.771. The van der Waals surface area contributed by atoms with E-state index < -0.39 is 0 Å². The Labute approximate surface area is 130 Å². The molecule has 0 unspecified atom stereocenters. The maximum absolute atomic E-state index is 11.0. The third-order valence-electron chi connectivity index (χ3n) is 2.23. The van der Waals surface area contributed by atoms with E-state index in [1.165, 1.54) is 0 Å². The zero-order valence-corrected chi connectivity index (χ0v) is 13.7. The Morgan fingerprint density at radius 2 is 1.78 bits per heavy atom. The van der Waals surface area contributed by atoms with E-state index in [0.29, 0.717) is 17.1 Å². The summed E-state index contributed by atoms with van der Waals surface area (Å²) in [5, 5.41) is 0. The highest BCUT2D eigenvalue weighted by atomic mass is 79.9. The Morgan fingerprint density at radius 3 is 2.44 bits per heavy atom. The van der Waals surface area contributed by atoms with Crippen molar-refractivity contribution in [2.75, 3.05) is 0 Å². The van der Waals surface area contributed by atoms with E-state index >= 15 is 0 Å². The Bertz CT molecular complexity index is 597. The average molecular weight is 435 g/mol. The number of hydrogen-bond acceptors (Lipinski definition) is 2. The van der Waals surface area contributed by atoms with Crippen LogP contribution in [0.4, 0.5) is 0 Å². The molecule has 2 nitrogen and oxygen atoms in total. The number of hydrogen-bond donors (Lipinski definition) is 0. The number of benzene rings is 2. The van der Waals surface area contributed by atoms with E-state index in [4.69, 9.17) is 4.74 Å². The third-order valence-corrected chi connectivity index (χ3v) is 3.97. The van der Waals surface area contributed by atoms with Crippen molar-refractivity contribution >= 4 is 54.1 Å². The molecule has 0 spiro atoms. The van der Waals surface area contributed by atoms with Crippen molar-refractivity contribution in [3.8, 4) is 11.5 Å². The van der Waals surface area contributed by atoms with Crippen LogP contribution in [0.2, 0.25) is 0 Å². The first-order valence-corrected chi connectivity index (χ1v) is 7.36. The molecular formula is C13H7Br3O2. The van der Waals surface area contributed by atoms with Gasteiger partial charge in [-0.25, -0.2) is 0 Å². The quantitative estimate of drug-likeness (QED) is 0.589. The second kappa shape index (κ2) is 5.99. The van der Waals surface area contributed by atoms with Gasteiger partial charge in [-0.15, -0.1) is 0 Å². The highest BCUT2D eigenvalue weighted by Crippen LogP contribution is 2.36. The Hall–Kier alpha value is -0.650.